The first-order valence-electron chi connectivity index (χ1n) is 10.6. The number of rotatable bonds is 8. The molecule has 0 fully saturated rings. The third-order valence-corrected chi connectivity index (χ3v) is 6.76. The Morgan fingerprint density at radius 3 is 2.53 bits per heavy atom. The van der Waals surface area contributed by atoms with E-state index < -0.39 is 8.07 Å². The lowest BCUT2D eigenvalue weighted by Gasteiger charge is -2.15. The lowest BCUT2D eigenvalue weighted by atomic mass is 10.1. The summed E-state index contributed by atoms with van der Waals surface area (Å²) in [5, 5.41) is 0.817. The van der Waals surface area contributed by atoms with Crippen LogP contribution in [0.25, 0.3) is 22.2 Å². The fraction of sp³-hybridized carbons (Fsp3) is 0.304. The van der Waals surface area contributed by atoms with Gasteiger partial charge >= 0.3 is 6.01 Å². The van der Waals surface area contributed by atoms with E-state index >= 15 is 0 Å². The van der Waals surface area contributed by atoms with Crippen LogP contribution in [-0.2, 0) is 11.5 Å². The molecule has 0 bridgehead atoms. The Morgan fingerprint density at radius 1 is 1.03 bits per heavy atom. The third kappa shape index (κ3) is 5.12. The quantitative estimate of drug-likeness (QED) is 0.303. The van der Waals surface area contributed by atoms with Crippen molar-refractivity contribution >= 4 is 24.9 Å². The summed E-state index contributed by atoms with van der Waals surface area (Å²) in [6.07, 6.45) is 5.18. The largest absolute Gasteiger partial charge is 0.424 e. The minimum Gasteiger partial charge on any atom is -0.424 e. The highest BCUT2D eigenvalue weighted by Crippen LogP contribution is 2.34. The molecule has 3 aromatic heterocycles. The number of aromatic nitrogens is 5. The zero-order valence-corrected chi connectivity index (χ0v) is 19.9. The summed E-state index contributed by atoms with van der Waals surface area (Å²) in [7, 11) is -1.14. The number of nitrogens with zero attached hydrogens (tertiary/aromatic N) is 5. The maximum atomic E-state index is 6.22. The molecule has 2 N–H and O–H groups in total. The minimum absolute atomic E-state index is 0.322. The van der Waals surface area contributed by atoms with Gasteiger partial charge in [0.2, 0.25) is 0 Å². The molecule has 32 heavy (non-hydrogen) atoms. The number of nitrogens with two attached hydrogens (primary N) is 1. The summed E-state index contributed by atoms with van der Waals surface area (Å²) in [6.45, 7) is 10.1. The van der Waals surface area contributed by atoms with E-state index in [0.29, 0.717) is 24.3 Å². The van der Waals surface area contributed by atoms with Gasteiger partial charge in [0, 0.05) is 38.3 Å². The van der Waals surface area contributed by atoms with E-state index in [-0.39, 0.29) is 0 Å². The monoisotopic (exact) mass is 448 g/mol. The predicted octanol–water partition coefficient (Wildman–Crippen LogP) is 4.88. The first-order chi connectivity index (χ1) is 15.3. The van der Waals surface area contributed by atoms with Crippen molar-refractivity contribution in [2.75, 3.05) is 12.3 Å². The third-order valence-electron chi connectivity index (χ3n) is 5.06. The Morgan fingerprint density at radius 2 is 1.81 bits per heavy atom. The molecule has 0 spiro atoms. The van der Waals surface area contributed by atoms with Crippen LogP contribution in [0.5, 0.6) is 11.8 Å². The molecule has 8 nitrogen and oxygen atoms in total. The summed E-state index contributed by atoms with van der Waals surface area (Å²) >= 11 is 0. The molecular formula is C23H28N6O2Si. The van der Waals surface area contributed by atoms with Crippen LogP contribution in [0, 0.1) is 6.92 Å². The number of benzene rings is 1. The van der Waals surface area contributed by atoms with Crippen LogP contribution in [0.15, 0.2) is 49.1 Å². The number of nitrogen functional groups attached to an aromatic ring is 1. The van der Waals surface area contributed by atoms with Gasteiger partial charge in [-0.25, -0.2) is 19.9 Å². The molecule has 0 unspecified atom stereocenters. The van der Waals surface area contributed by atoms with Gasteiger partial charge in [0.05, 0.1) is 5.39 Å². The smallest absolute Gasteiger partial charge is 0.322 e. The number of hydrogen-bond donors (Lipinski definition) is 1. The Hall–Kier alpha value is -3.30. The number of ether oxygens (including phenoxy) is 2. The summed E-state index contributed by atoms with van der Waals surface area (Å²) in [4.78, 5) is 17.1. The lowest BCUT2D eigenvalue weighted by molar-refractivity contribution is 0.0899. The highest BCUT2D eigenvalue weighted by molar-refractivity contribution is 6.76. The molecular weight excluding hydrogens is 420 g/mol. The fourth-order valence-electron chi connectivity index (χ4n) is 3.29. The van der Waals surface area contributed by atoms with Gasteiger partial charge in [-0.2, -0.15) is 0 Å². The normalized spacial score (nSPS) is 11.8. The van der Waals surface area contributed by atoms with E-state index in [4.69, 9.17) is 15.2 Å². The van der Waals surface area contributed by atoms with Gasteiger partial charge in [0.25, 0.3) is 0 Å². The lowest BCUT2D eigenvalue weighted by Crippen LogP contribution is -2.22. The first kappa shape index (κ1) is 21.9. The molecule has 166 valence electrons. The molecule has 0 atom stereocenters. The maximum Gasteiger partial charge on any atom is 0.322 e. The number of aryl methyl sites for hydroxylation is 1. The molecule has 0 radical (unpaired) electrons. The zero-order chi connectivity index (χ0) is 22.7. The van der Waals surface area contributed by atoms with E-state index in [1.54, 1.807) is 6.20 Å². The molecule has 4 aromatic rings. The summed E-state index contributed by atoms with van der Waals surface area (Å²) in [6, 6.07) is 11.0. The van der Waals surface area contributed by atoms with Crippen molar-refractivity contribution in [1.29, 1.82) is 0 Å². The minimum atomic E-state index is -1.14. The van der Waals surface area contributed by atoms with Crippen molar-refractivity contribution in [3.05, 3.63) is 54.7 Å². The zero-order valence-electron chi connectivity index (χ0n) is 18.9. The summed E-state index contributed by atoms with van der Waals surface area (Å²) in [5.74, 6) is 1.10. The second-order valence-electron chi connectivity index (χ2n) is 8.93. The van der Waals surface area contributed by atoms with Gasteiger partial charge in [-0.15, -0.1) is 0 Å². The predicted molar refractivity (Wildman–Crippen MR) is 128 cm³/mol. The first-order valence-corrected chi connectivity index (χ1v) is 14.3. The molecule has 0 aliphatic carbocycles. The van der Waals surface area contributed by atoms with Crippen LogP contribution in [0.2, 0.25) is 25.7 Å². The standard InChI is InChI=1S/C23H28N6O2Si/c1-16-9-10-25-23(28-16)31-18-7-5-17(6-8-18)19-13-29(15-30-11-12-32(2,3)4)22-20(19)21(24)26-14-27-22/h5-10,13-14H,11-12,15H2,1-4H3,(H2,24,26,27). The molecule has 9 heteroatoms. The number of fused-ring (bicyclic) bond motifs is 1. The highest BCUT2D eigenvalue weighted by atomic mass is 28.3. The van der Waals surface area contributed by atoms with Gasteiger partial charge in [0.1, 0.15) is 30.3 Å². The van der Waals surface area contributed by atoms with Crippen molar-refractivity contribution in [3.63, 3.8) is 0 Å². The van der Waals surface area contributed by atoms with Crippen LogP contribution >= 0.6 is 0 Å². The topological polar surface area (TPSA) is 101 Å². The summed E-state index contributed by atoms with van der Waals surface area (Å²) in [5.41, 5.74) is 9.76. The van der Waals surface area contributed by atoms with E-state index in [2.05, 4.69) is 39.6 Å². The van der Waals surface area contributed by atoms with E-state index in [1.807, 2.05) is 48.0 Å². The highest BCUT2D eigenvalue weighted by Gasteiger charge is 2.16. The molecule has 0 aliphatic heterocycles. The molecule has 0 saturated heterocycles. The maximum absolute atomic E-state index is 6.22. The van der Waals surface area contributed by atoms with Crippen molar-refractivity contribution in [1.82, 2.24) is 24.5 Å². The number of anilines is 1. The molecule has 4 rings (SSSR count). The van der Waals surface area contributed by atoms with Crippen molar-refractivity contribution in [2.24, 2.45) is 0 Å². The average Bonchev–Trinajstić information content (AvgIpc) is 3.11. The second-order valence-corrected chi connectivity index (χ2v) is 14.5. The number of hydrogen-bond acceptors (Lipinski definition) is 7. The van der Waals surface area contributed by atoms with Crippen LogP contribution < -0.4 is 10.5 Å². The van der Waals surface area contributed by atoms with Gasteiger partial charge in [-0.1, -0.05) is 31.8 Å². The molecule has 0 amide bonds. The van der Waals surface area contributed by atoms with Gasteiger partial charge in [0.15, 0.2) is 0 Å². The Balaban J connectivity index is 1.58. The summed E-state index contributed by atoms with van der Waals surface area (Å²) < 4.78 is 13.7. The van der Waals surface area contributed by atoms with Crippen molar-refractivity contribution in [2.45, 2.75) is 39.3 Å². The van der Waals surface area contributed by atoms with E-state index in [9.17, 15) is 0 Å². The van der Waals surface area contributed by atoms with Crippen molar-refractivity contribution < 1.29 is 9.47 Å². The molecule has 0 saturated carbocycles. The Bertz CT molecular complexity index is 1220. The van der Waals surface area contributed by atoms with Gasteiger partial charge < -0.3 is 19.8 Å². The molecule has 0 aliphatic rings. The Kier molecular flexibility index (Phi) is 6.20. The van der Waals surface area contributed by atoms with E-state index in [1.165, 1.54) is 6.33 Å². The van der Waals surface area contributed by atoms with Crippen LogP contribution in [0.4, 0.5) is 5.82 Å². The molecule has 3 heterocycles. The average molecular weight is 449 g/mol. The van der Waals surface area contributed by atoms with Crippen LogP contribution in [0.3, 0.4) is 0 Å². The Labute approximate surface area is 188 Å². The molecule has 1 aromatic carbocycles. The van der Waals surface area contributed by atoms with E-state index in [0.717, 1.165) is 40.5 Å². The van der Waals surface area contributed by atoms with Gasteiger partial charge in [-0.3, -0.25) is 0 Å². The van der Waals surface area contributed by atoms with Crippen LogP contribution in [-0.4, -0.2) is 39.2 Å². The van der Waals surface area contributed by atoms with Crippen LogP contribution in [0.1, 0.15) is 5.69 Å². The fourth-order valence-corrected chi connectivity index (χ4v) is 4.05. The SMILES string of the molecule is Cc1ccnc(Oc2ccc(-c3cn(COCC[Si](C)(C)C)c4ncnc(N)c34)cc2)n1. The second kappa shape index (κ2) is 9.05. The van der Waals surface area contributed by atoms with Crippen molar-refractivity contribution in [3.8, 4) is 22.9 Å². The van der Waals surface area contributed by atoms with Gasteiger partial charge in [-0.05, 0) is 36.7 Å².